The van der Waals surface area contributed by atoms with Gasteiger partial charge in [-0.25, -0.2) is 9.18 Å². The highest BCUT2D eigenvalue weighted by Gasteiger charge is 2.46. The van der Waals surface area contributed by atoms with Crippen molar-refractivity contribution in [1.82, 2.24) is 5.32 Å². The SMILES string of the molecule is COC(=O)CN(C(=O)C(F)(F)F)c1c(OCc2ccccc2)cc(Br)c(CC(CCO)NC(=O)OC(C)(C)C)c1F. The number of alkyl halides is 3. The van der Waals surface area contributed by atoms with Crippen LogP contribution in [0.5, 0.6) is 5.75 Å². The van der Waals surface area contributed by atoms with E-state index < -0.39 is 66.2 Å². The summed E-state index contributed by atoms with van der Waals surface area (Å²) in [5.74, 6) is -5.57. The lowest BCUT2D eigenvalue weighted by Crippen LogP contribution is -2.45. The number of hydrogen-bond donors (Lipinski definition) is 2. The number of esters is 1. The fraction of sp³-hybridized carbons (Fsp3) is 0.444. The first-order valence-electron chi connectivity index (χ1n) is 12.3. The lowest BCUT2D eigenvalue weighted by Gasteiger charge is -2.28. The number of alkyl carbamates (subject to hydrolysis) is 1. The van der Waals surface area contributed by atoms with E-state index in [0.29, 0.717) is 5.56 Å². The van der Waals surface area contributed by atoms with E-state index in [-0.39, 0.29) is 34.4 Å². The van der Waals surface area contributed by atoms with E-state index in [9.17, 15) is 32.7 Å². The minimum absolute atomic E-state index is 0.0354. The van der Waals surface area contributed by atoms with Gasteiger partial charge >= 0.3 is 24.1 Å². The molecule has 0 aliphatic heterocycles. The number of amides is 2. The van der Waals surface area contributed by atoms with Gasteiger partial charge in [-0.15, -0.1) is 0 Å². The van der Waals surface area contributed by atoms with Crippen molar-refractivity contribution >= 4 is 39.6 Å². The zero-order valence-electron chi connectivity index (χ0n) is 22.8. The number of aliphatic hydroxyl groups excluding tert-OH is 1. The highest BCUT2D eigenvalue weighted by Crippen LogP contribution is 2.40. The first-order valence-corrected chi connectivity index (χ1v) is 13.1. The Hall–Kier alpha value is -3.39. The number of rotatable bonds is 11. The van der Waals surface area contributed by atoms with E-state index >= 15 is 4.39 Å². The standard InChI is InChI=1S/C27H31BrF4N2O7/c1-26(2,3)41-25(38)33-17(10-11-35)12-18-19(28)13-20(40-15-16-8-6-5-7-9-16)23(22(18)29)34(14-21(36)39-4)24(37)27(30,31)32/h5-9,13,17,35H,10-12,14-15H2,1-4H3,(H,33,38). The molecule has 2 rings (SSSR count). The fourth-order valence-electron chi connectivity index (χ4n) is 3.61. The number of carbonyl (C=O) groups is 3. The van der Waals surface area contributed by atoms with Crippen LogP contribution in [0.15, 0.2) is 40.9 Å². The molecule has 0 heterocycles. The van der Waals surface area contributed by atoms with Crippen molar-refractivity contribution in [3.8, 4) is 5.75 Å². The molecule has 2 aromatic carbocycles. The molecule has 226 valence electrons. The molecular weight excluding hydrogens is 620 g/mol. The van der Waals surface area contributed by atoms with Crippen molar-refractivity contribution in [2.45, 2.75) is 58.0 Å². The molecule has 9 nitrogen and oxygen atoms in total. The molecule has 2 amide bonds. The summed E-state index contributed by atoms with van der Waals surface area (Å²) in [5, 5.41) is 12.0. The van der Waals surface area contributed by atoms with Gasteiger partial charge in [-0.05, 0) is 45.2 Å². The number of hydrogen-bond acceptors (Lipinski definition) is 7. The molecule has 2 aromatic rings. The lowest BCUT2D eigenvalue weighted by atomic mass is 10.0. The molecular formula is C27H31BrF4N2O7. The summed E-state index contributed by atoms with van der Waals surface area (Å²) < 4.78 is 72.5. The molecule has 0 aliphatic rings. The van der Waals surface area contributed by atoms with Crippen LogP contribution in [0.4, 0.5) is 28.0 Å². The van der Waals surface area contributed by atoms with Crippen molar-refractivity contribution < 1.29 is 51.3 Å². The smallest absolute Gasteiger partial charge is 0.471 e. The third kappa shape index (κ3) is 10.2. The summed E-state index contributed by atoms with van der Waals surface area (Å²) in [6, 6.07) is 8.66. The zero-order valence-corrected chi connectivity index (χ0v) is 24.4. The first kappa shape index (κ1) is 33.8. The Kier molecular flexibility index (Phi) is 11.9. The van der Waals surface area contributed by atoms with Gasteiger partial charge in [-0.3, -0.25) is 14.5 Å². The highest BCUT2D eigenvalue weighted by molar-refractivity contribution is 9.10. The van der Waals surface area contributed by atoms with Crippen LogP contribution in [0.3, 0.4) is 0 Å². The van der Waals surface area contributed by atoms with Crippen LogP contribution in [-0.4, -0.2) is 61.2 Å². The Morgan fingerprint density at radius 2 is 1.76 bits per heavy atom. The molecule has 2 N–H and O–H groups in total. The lowest BCUT2D eigenvalue weighted by molar-refractivity contribution is -0.171. The highest BCUT2D eigenvalue weighted by atomic mass is 79.9. The molecule has 1 unspecified atom stereocenters. The molecule has 0 saturated carbocycles. The Morgan fingerprint density at radius 1 is 1.12 bits per heavy atom. The van der Waals surface area contributed by atoms with Crippen LogP contribution in [0.2, 0.25) is 0 Å². The van der Waals surface area contributed by atoms with Crippen molar-refractivity contribution in [2.75, 3.05) is 25.2 Å². The Labute approximate surface area is 242 Å². The van der Waals surface area contributed by atoms with E-state index in [1.165, 1.54) is 0 Å². The Balaban J connectivity index is 2.64. The van der Waals surface area contributed by atoms with E-state index in [0.717, 1.165) is 13.2 Å². The number of halogens is 5. The van der Waals surface area contributed by atoms with E-state index in [1.54, 1.807) is 51.1 Å². The van der Waals surface area contributed by atoms with Gasteiger partial charge in [0.15, 0.2) is 5.82 Å². The fourth-order valence-corrected chi connectivity index (χ4v) is 4.16. The summed E-state index contributed by atoms with van der Waals surface area (Å²) in [4.78, 5) is 36.7. The predicted octanol–water partition coefficient (Wildman–Crippen LogP) is 5.05. The molecule has 41 heavy (non-hydrogen) atoms. The molecule has 0 radical (unpaired) electrons. The first-order chi connectivity index (χ1) is 19.1. The van der Waals surface area contributed by atoms with Gasteiger partial charge in [-0.1, -0.05) is 46.3 Å². The van der Waals surface area contributed by atoms with E-state index in [2.05, 4.69) is 26.0 Å². The summed E-state index contributed by atoms with van der Waals surface area (Å²) in [5.41, 5.74) is -1.49. The Bertz CT molecular complexity index is 1220. The molecule has 14 heteroatoms. The molecule has 0 aliphatic carbocycles. The summed E-state index contributed by atoms with van der Waals surface area (Å²) in [7, 11) is 0.899. The number of aliphatic hydroxyl groups is 1. The second-order valence-corrected chi connectivity index (χ2v) is 10.7. The molecule has 0 aromatic heterocycles. The normalized spacial score (nSPS) is 12.3. The van der Waals surface area contributed by atoms with E-state index in [1.807, 2.05) is 0 Å². The van der Waals surface area contributed by atoms with Gasteiger partial charge in [0, 0.05) is 22.7 Å². The third-order valence-electron chi connectivity index (χ3n) is 5.41. The van der Waals surface area contributed by atoms with Gasteiger partial charge in [-0.2, -0.15) is 13.2 Å². The van der Waals surface area contributed by atoms with Crippen molar-refractivity contribution in [2.24, 2.45) is 0 Å². The average Bonchev–Trinajstić information content (AvgIpc) is 2.87. The van der Waals surface area contributed by atoms with Gasteiger partial charge < -0.3 is 24.6 Å². The summed E-state index contributed by atoms with van der Waals surface area (Å²) >= 11 is 3.20. The van der Waals surface area contributed by atoms with Crippen LogP contribution >= 0.6 is 15.9 Å². The van der Waals surface area contributed by atoms with Gasteiger partial charge in [0.1, 0.15) is 30.2 Å². The largest absolute Gasteiger partial charge is 0.487 e. The third-order valence-corrected chi connectivity index (χ3v) is 6.12. The van der Waals surface area contributed by atoms with Crippen LogP contribution in [0, 0.1) is 5.82 Å². The maximum Gasteiger partial charge on any atom is 0.471 e. The predicted molar refractivity (Wildman–Crippen MR) is 144 cm³/mol. The molecule has 0 fully saturated rings. The maximum absolute atomic E-state index is 16.3. The molecule has 1 atom stereocenters. The van der Waals surface area contributed by atoms with Gasteiger partial charge in [0.25, 0.3) is 0 Å². The minimum Gasteiger partial charge on any atom is -0.487 e. The maximum atomic E-state index is 16.3. The number of carbonyl (C=O) groups excluding carboxylic acids is 3. The summed E-state index contributed by atoms with van der Waals surface area (Å²) in [6.07, 6.45) is -6.76. The van der Waals surface area contributed by atoms with Crippen molar-refractivity contribution in [1.29, 1.82) is 0 Å². The monoisotopic (exact) mass is 650 g/mol. The van der Waals surface area contributed by atoms with Gasteiger partial charge in [0.05, 0.1) is 7.11 Å². The summed E-state index contributed by atoms with van der Waals surface area (Å²) in [6.45, 7) is 2.96. The number of nitrogens with zero attached hydrogens (tertiary/aromatic N) is 1. The second-order valence-electron chi connectivity index (χ2n) is 9.80. The van der Waals surface area contributed by atoms with Crippen LogP contribution < -0.4 is 15.0 Å². The zero-order chi connectivity index (χ0) is 31.0. The molecule has 0 bridgehead atoms. The number of ether oxygens (including phenoxy) is 3. The van der Waals surface area contributed by atoms with Crippen molar-refractivity contribution in [3.63, 3.8) is 0 Å². The average molecular weight is 651 g/mol. The van der Waals surface area contributed by atoms with Crippen molar-refractivity contribution in [3.05, 3.63) is 57.8 Å². The second kappa shape index (κ2) is 14.5. The molecule has 0 spiro atoms. The Morgan fingerprint density at radius 3 is 2.29 bits per heavy atom. The molecule has 0 saturated heterocycles. The quantitative estimate of drug-likeness (QED) is 0.258. The van der Waals surface area contributed by atoms with Gasteiger partial charge in [0.2, 0.25) is 0 Å². The van der Waals surface area contributed by atoms with Crippen LogP contribution in [0.1, 0.15) is 38.3 Å². The van der Waals surface area contributed by atoms with E-state index in [4.69, 9.17) is 9.47 Å². The number of nitrogens with one attached hydrogen (secondary N) is 1. The minimum atomic E-state index is -5.48. The topological polar surface area (TPSA) is 114 Å². The van der Waals surface area contributed by atoms with Crippen LogP contribution in [0.25, 0.3) is 0 Å². The number of benzene rings is 2. The van der Waals surface area contributed by atoms with Crippen LogP contribution in [-0.2, 0) is 32.1 Å². The number of anilines is 1. The number of methoxy groups -OCH3 is 1.